The second-order valence-corrected chi connectivity index (χ2v) is 1.83. The lowest BCUT2D eigenvalue weighted by molar-refractivity contribution is 0.170. The Morgan fingerprint density at radius 3 is 3.11 bits per heavy atom. The molecular weight excluding hydrogens is 122 g/mol. The maximum absolute atomic E-state index is 10.4. The lowest BCUT2D eigenvalue weighted by Crippen LogP contribution is -2.26. The van der Waals surface area contributed by atoms with Gasteiger partial charge in [0.2, 0.25) is 0 Å². The predicted octanol–water partition coefficient (Wildman–Crippen LogP) is -0.259. The zero-order chi connectivity index (χ0) is 6.69. The van der Waals surface area contributed by atoms with E-state index >= 15 is 0 Å². The zero-order valence-corrected chi connectivity index (χ0v) is 5.22. The van der Waals surface area contributed by atoms with Gasteiger partial charge in [0.1, 0.15) is 0 Å². The van der Waals surface area contributed by atoms with E-state index in [4.69, 9.17) is 4.74 Å². The standard InChI is InChI=1S/C5H9NO3/c1-8-5(7)6-2-4-3-9-4/h4H,2-3H2,1H3,(H,6,7). The number of methoxy groups -OCH3 is 1. The van der Waals surface area contributed by atoms with Crippen molar-refractivity contribution < 1.29 is 14.3 Å². The fraction of sp³-hybridized carbons (Fsp3) is 0.800. The molecule has 1 fully saturated rings. The summed E-state index contributed by atoms with van der Waals surface area (Å²) in [6, 6.07) is 0. The summed E-state index contributed by atoms with van der Waals surface area (Å²) in [5.74, 6) is 0. The summed E-state index contributed by atoms with van der Waals surface area (Å²) < 4.78 is 9.16. The maximum Gasteiger partial charge on any atom is 0.406 e. The highest BCUT2D eigenvalue weighted by atomic mass is 16.6. The Bertz CT molecular complexity index is 111. The molecule has 0 radical (unpaired) electrons. The number of alkyl carbamates (subject to hydrolysis) is 1. The summed E-state index contributed by atoms with van der Waals surface area (Å²) in [7, 11) is 1.34. The summed E-state index contributed by atoms with van der Waals surface area (Å²) in [5, 5.41) is 2.51. The second kappa shape index (κ2) is 2.68. The summed E-state index contributed by atoms with van der Waals surface area (Å²) in [4.78, 5) is 10.4. The molecule has 0 aliphatic carbocycles. The number of nitrogens with one attached hydrogen (secondary N) is 1. The molecule has 1 unspecified atom stereocenters. The van der Waals surface area contributed by atoms with Gasteiger partial charge in [0.15, 0.2) is 0 Å². The first-order valence-electron chi connectivity index (χ1n) is 2.76. The number of hydrogen-bond acceptors (Lipinski definition) is 3. The maximum atomic E-state index is 10.4. The molecule has 1 amide bonds. The molecule has 0 saturated carbocycles. The van der Waals surface area contributed by atoms with Gasteiger partial charge in [-0.05, 0) is 0 Å². The molecule has 0 spiro atoms. The fourth-order valence-corrected chi connectivity index (χ4v) is 0.455. The van der Waals surface area contributed by atoms with Gasteiger partial charge in [0.25, 0.3) is 0 Å². The minimum absolute atomic E-state index is 0.226. The monoisotopic (exact) mass is 131 g/mol. The van der Waals surface area contributed by atoms with E-state index in [1.54, 1.807) is 0 Å². The van der Waals surface area contributed by atoms with Crippen LogP contribution < -0.4 is 5.32 Å². The van der Waals surface area contributed by atoms with Crippen LogP contribution in [0.5, 0.6) is 0 Å². The first kappa shape index (κ1) is 6.35. The number of hydrogen-bond donors (Lipinski definition) is 1. The highest BCUT2D eigenvalue weighted by Crippen LogP contribution is 2.05. The third-order valence-electron chi connectivity index (χ3n) is 1.06. The SMILES string of the molecule is COC(=O)NCC1CO1. The first-order chi connectivity index (χ1) is 4.33. The Kier molecular flexibility index (Phi) is 1.89. The summed E-state index contributed by atoms with van der Waals surface area (Å²) >= 11 is 0. The van der Waals surface area contributed by atoms with Gasteiger partial charge in [-0.1, -0.05) is 0 Å². The molecular formula is C5H9NO3. The Labute approximate surface area is 53.1 Å². The van der Waals surface area contributed by atoms with E-state index in [0.29, 0.717) is 6.54 Å². The average molecular weight is 131 g/mol. The molecule has 1 saturated heterocycles. The number of ether oxygens (including phenoxy) is 2. The predicted molar refractivity (Wildman–Crippen MR) is 30.1 cm³/mol. The van der Waals surface area contributed by atoms with Crippen LogP contribution in [0.25, 0.3) is 0 Å². The molecule has 52 valence electrons. The molecule has 1 aliphatic heterocycles. The molecule has 1 heterocycles. The normalized spacial score (nSPS) is 23.0. The highest BCUT2D eigenvalue weighted by Gasteiger charge is 2.22. The smallest absolute Gasteiger partial charge is 0.406 e. The Morgan fingerprint density at radius 1 is 2.00 bits per heavy atom. The van der Waals surface area contributed by atoms with Crippen molar-refractivity contribution in [3.63, 3.8) is 0 Å². The number of carbonyl (C=O) groups is 1. The first-order valence-corrected chi connectivity index (χ1v) is 2.76. The minimum atomic E-state index is -0.398. The van der Waals surface area contributed by atoms with Gasteiger partial charge >= 0.3 is 6.09 Å². The summed E-state index contributed by atoms with van der Waals surface area (Å²) in [6.07, 6.45) is -0.172. The van der Waals surface area contributed by atoms with Gasteiger partial charge in [-0.25, -0.2) is 4.79 Å². The van der Waals surface area contributed by atoms with Gasteiger partial charge < -0.3 is 14.8 Å². The molecule has 0 aromatic heterocycles. The largest absolute Gasteiger partial charge is 0.453 e. The van der Waals surface area contributed by atoms with Crippen LogP contribution in [0.3, 0.4) is 0 Å². The van der Waals surface area contributed by atoms with E-state index in [1.165, 1.54) is 7.11 Å². The van der Waals surface area contributed by atoms with Crippen LogP contribution in [0.4, 0.5) is 4.79 Å². The van der Waals surface area contributed by atoms with Gasteiger partial charge in [0.05, 0.1) is 19.8 Å². The lowest BCUT2D eigenvalue weighted by atomic mass is 10.5. The van der Waals surface area contributed by atoms with Crippen molar-refractivity contribution in [2.45, 2.75) is 6.10 Å². The van der Waals surface area contributed by atoms with E-state index in [1.807, 2.05) is 0 Å². The summed E-state index contributed by atoms with van der Waals surface area (Å²) in [6.45, 7) is 1.32. The van der Waals surface area contributed by atoms with Crippen LogP contribution in [-0.4, -0.2) is 32.5 Å². The van der Waals surface area contributed by atoms with Crippen LogP contribution in [0.1, 0.15) is 0 Å². The molecule has 4 nitrogen and oxygen atoms in total. The van der Waals surface area contributed by atoms with Crippen LogP contribution in [-0.2, 0) is 9.47 Å². The van der Waals surface area contributed by atoms with Crippen LogP contribution >= 0.6 is 0 Å². The molecule has 1 atom stereocenters. The third kappa shape index (κ3) is 2.32. The van der Waals surface area contributed by atoms with E-state index in [9.17, 15) is 4.79 Å². The average Bonchev–Trinajstić information content (AvgIpc) is 2.65. The lowest BCUT2D eigenvalue weighted by Gasteiger charge is -1.98. The van der Waals surface area contributed by atoms with E-state index in [0.717, 1.165) is 6.61 Å². The zero-order valence-electron chi connectivity index (χ0n) is 5.22. The minimum Gasteiger partial charge on any atom is -0.453 e. The van der Waals surface area contributed by atoms with Gasteiger partial charge in [-0.2, -0.15) is 0 Å². The van der Waals surface area contributed by atoms with Crippen molar-refractivity contribution >= 4 is 6.09 Å². The molecule has 1 aliphatic rings. The van der Waals surface area contributed by atoms with E-state index in [-0.39, 0.29) is 6.10 Å². The second-order valence-electron chi connectivity index (χ2n) is 1.83. The number of rotatable bonds is 2. The van der Waals surface area contributed by atoms with Crippen molar-refractivity contribution in [1.82, 2.24) is 5.32 Å². The van der Waals surface area contributed by atoms with Crippen molar-refractivity contribution in [3.8, 4) is 0 Å². The third-order valence-corrected chi connectivity index (χ3v) is 1.06. The van der Waals surface area contributed by atoms with Crippen LogP contribution in [0, 0.1) is 0 Å². The molecule has 0 aromatic rings. The number of amides is 1. The van der Waals surface area contributed by atoms with E-state index in [2.05, 4.69) is 10.1 Å². The van der Waals surface area contributed by atoms with Crippen LogP contribution in [0.2, 0.25) is 0 Å². The van der Waals surface area contributed by atoms with Gasteiger partial charge in [0, 0.05) is 6.54 Å². The fourth-order valence-electron chi connectivity index (χ4n) is 0.455. The molecule has 1 rings (SSSR count). The molecule has 0 bridgehead atoms. The Hall–Kier alpha value is -0.770. The van der Waals surface area contributed by atoms with Crippen molar-refractivity contribution in [2.24, 2.45) is 0 Å². The van der Waals surface area contributed by atoms with Gasteiger partial charge in [-0.15, -0.1) is 0 Å². The molecule has 1 N–H and O–H groups in total. The van der Waals surface area contributed by atoms with Crippen molar-refractivity contribution in [1.29, 1.82) is 0 Å². The molecule has 4 heteroatoms. The Morgan fingerprint density at radius 2 is 2.67 bits per heavy atom. The molecule has 0 aromatic carbocycles. The Balaban J connectivity index is 1.96. The van der Waals surface area contributed by atoms with Crippen molar-refractivity contribution in [2.75, 3.05) is 20.3 Å². The van der Waals surface area contributed by atoms with Crippen LogP contribution in [0.15, 0.2) is 0 Å². The van der Waals surface area contributed by atoms with Crippen molar-refractivity contribution in [3.05, 3.63) is 0 Å². The highest BCUT2D eigenvalue weighted by molar-refractivity contribution is 5.66. The molecule has 9 heavy (non-hydrogen) atoms. The topological polar surface area (TPSA) is 50.9 Å². The number of epoxide rings is 1. The van der Waals surface area contributed by atoms with E-state index < -0.39 is 6.09 Å². The van der Waals surface area contributed by atoms with Gasteiger partial charge in [-0.3, -0.25) is 0 Å². The summed E-state index contributed by atoms with van der Waals surface area (Å²) in [5.41, 5.74) is 0. The quantitative estimate of drug-likeness (QED) is 0.525. The number of carbonyl (C=O) groups excluding carboxylic acids is 1.